The van der Waals surface area contributed by atoms with Crippen molar-refractivity contribution in [2.75, 3.05) is 6.54 Å². The molecule has 1 aliphatic carbocycles. The Hall–Kier alpha value is -2.21. The number of hydrogen-bond acceptors (Lipinski definition) is 4. The maximum Gasteiger partial charge on any atom is 0.237 e. The van der Waals surface area contributed by atoms with Gasteiger partial charge in [0, 0.05) is 25.6 Å². The van der Waals surface area contributed by atoms with Crippen LogP contribution in [-0.4, -0.2) is 44.2 Å². The number of fused-ring (bicyclic) bond motifs is 1. The summed E-state index contributed by atoms with van der Waals surface area (Å²) in [6.45, 7) is 4.42. The Morgan fingerprint density at radius 2 is 1.89 bits per heavy atom. The topological polar surface area (TPSA) is 63.1 Å². The summed E-state index contributed by atoms with van der Waals surface area (Å²) in [6, 6.07) is 10.7. The van der Waals surface area contributed by atoms with Crippen molar-refractivity contribution in [2.24, 2.45) is 0 Å². The van der Waals surface area contributed by atoms with E-state index in [4.69, 9.17) is 0 Å². The Bertz CT molecular complexity index is 781. The number of carbonyl (C=O) groups is 1. The molecule has 1 aromatic carbocycles. The number of amides is 1. The Kier molecular flexibility index (Phi) is 6.05. The first-order valence-corrected chi connectivity index (χ1v) is 10.7. The number of nitrogens with zero attached hydrogens (tertiary/aromatic N) is 4. The van der Waals surface area contributed by atoms with Crippen LogP contribution in [0.5, 0.6) is 0 Å². The summed E-state index contributed by atoms with van der Waals surface area (Å²) in [5.74, 6) is 2.19. The Morgan fingerprint density at radius 3 is 2.68 bits per heavy atom. The van der Waals surface area contributed by atoms with Gasteiger partial charge in [-0.1, -0.05) is 49.6 Å². The van der Waals surface area contributed by atoms with E-state index < -0.39 is 0 Å². The standard InChI is InChI=1S/C22H31N5O/c1-17(22(28)23-19-10-6-3-7-11-19)26-14-15-27-20(24-25-21(27)16-26)13-12-18-8-4-2-5-9-18/h2,4-5,8-9,17,19H,3,6-7,10-16H2,1H3,(H,23,28)/t17-/m0/s1. The van der Waals surface area contributed by atoms with Crippen LogP contribution in [0.3, 0.4) is 0 Å². The Labute approximate surface area is 167 Å². The maximum atomic E-state index is 12.7. The Balaban J connectivity index is 1.33. The largest absolute Gasteiger partial charge is 0.352 e. The van der Waals surface area contributed by atoms with Crippen molar-refractivity contribution >= 4 is 5.91 Å². The molecule has 1 amide bonds. The molecule has 6 nitrogen and oxygen atoms in total. The van der Waals surface area contributed by atoms with Crippen molar-refractivity contribution in [3.8, 4) is 0 Å². The van der Waals surface area contributed by atoms with E-state index in [9.17, 15) is 4.79 Å². The lowest BCUT2D eigenvalue weighted by Gasteiger charge is -2.33. The molecule has 1 N–H and O–H groups in total. The normalized spacial score (nSPS) is 19.2. The van der Waals surface area contributed by atoms with Gasteiger partial charge in [-0.3, -0.25) is 9.69 Å². The molecule has 6 heteroatoms. The molecule has 150 valence electrons. The average Bonchev–Trinajstić information content (AvgIpc) is 3.15. The van der Waals surface area contributed by atoms with Crippen molar-refractivity contribution in [1.82, 2.24) is 25.0 Å². The van der Waals surface area contributed by atoms with Crippen LogP contribution in [0.15, 0.2) is 30.3 Å². The highest BCUT2D eigenvalue weighted by Crippen LogP contribution is 2.19. The first-order chi connectivity index (χ1) is 13.7. The minimum absolute atomic E-state index is 0.125. The van der Waals surface area contributed by atoms with Gasteiger partial charge in [0.1, 0.15) is 11.6 Å². The average molecular weight is 382 g/mol. The predicted molar refractivity (Wildman–Crippen MR) is 109 cm³/mol. The van der Waals surface area contributed by atoms with E-state index >= 15 is 0 Å². The number of aromatic nitrogens is 3. The number of aryl methyl sites for hydroxylation is 2. The predicted octanol–water partition coefficient (Wildman–Crippen LogP) is 2.72. The van der Waals surface area contributed by atoms with Gasteiger partial charge in [0.25, 0.3) is 0 Å². The summed E-state index contributed by atoms with van der Waals surface area (Å²) in [7, 11) is 0. The summed E-state index contributed by atoms with van der Waals surface area (Å²) < 4.78 is 2.24. The van der Waals surface area contributed by atoms with Gasteiger partial charge in [-0.05, 0) is 31.7 Å². The lowest BCUT2D eigenvalue weighted by molar-refractivity contribution is -0.127. The van der Waals surface area contributed by atoms with Gasteiger partial charge in [0.05, 0.1) is 12.6 Å². The van der Waals surface area contributed by atoms with Gasteiger partial charge >= 0.3 is 0 Å². The molecule has 2 aliphatic rings. The van der Waals surface area contributed by atoms with Crippen molar-refractivity contribution in [1.29, 1.82) is 0 Å². The molecule has 0 spiro atoms. The fourth-order valence-electron chi connectivity index (χ4n) is 4.39. The molecule has 0 radical (unpaired) electrons. The van der Waals surface area contributed by atoms with Gasteiger partial charge in [0.15, 0.2) is 0 Å². The monoisotopic (exact) mass is 381 g/mol. The van der Waals surface area contributed by atoms with Crippen LogP contribution in [0.25, 0.3) is 0 Å². The molecule has 1 aliphatic heterocycles. The number of carbonyl (C=O) groups excluding carboxylic acids is 1. The number of hydrogen-bond donors (Lipinski definition) is 1. The molecule has 4 rings (SSSR count). The van der Waals surface area contributed by atoms with E-state index in [0.29, 0.717) is 12.6 Å². The molecule has 0 unspecified atom stereocenters. The van der Waals surface area contributed by atoms with Crippen LogP contribution in [0.1, 0.15) is 56.2 Å². The zero-order chi connectivity index (χ0) is 19.3. The van der Waals surface area contributed by atoms with E-state index in [1.165, 1.54) is 24.8 Å². The van der Waals surface area contributed by atoms with Crippen LogP contribution < -0.4 is 5.32 Å². The maximum absolute atomic E-state index is 12.7. The number of nitrogens with one attached hydrogen (secondary N) is 1. The van der Waals surface area contributed by atoms with Gasteiger partial charge in [-0.15, -0.1) is 10.2 Å². The molecule has 28 heavy (non-hydrogen) atoms. The van der Waals surface area contributed by atoms with E-state index in [1.807, 2.05) is 13.0 Å². The molecule has 0 saturated heterocycles. The minimum atomic E-state index is -0.125. The third-order valence-electron chi connectivity index (χ3n) is 6.22. The highest BCUT2D eigenvalue weighted by atomic mass is 16.2. The molecule has 1 saturated carbocycles. The minimum Gasteiger partial charge on any atom is -0.352 e. The molecular formula is C22H31N5O. The molecule has 0 bridgehead atoms. The Morgan fingerprint density at radius 1 is 1.11 bits per heavy atom. The summed E-state index contributed by atoms with van der Waals surface area (Å²) in [4.78, 5) is 14.9. The lowest BCUT2D eigenvalue weighted by Crippen LogP contribution is -2.50. The van der Waals surface area contributed by atoms with Crippen molar-refractivity contribution in [2.45, 2.75) is 77.0 Å². The van der Waals surface area contributed by atoms with Crippen LogP contribution in [0, 0.1) is 0 Å². The zero-order valence-corrected chi connectivity index (χ0v) is 16.8. The van der Waals surface area contributed by atoms with Crippen LogP contribution in [-0.2, 0) is 30.7 Å². The third-order valence-corrected chi connectivity index (χ3v) is 6.22. The van der Waals surface area contributed by atoms with Crippen LogP contribution in [0.2, 0.25) is 0 Å². The molecule has 1 aromatic heterocycles. The van der Waals surface area contributed by atoms with Gasteiger partial charge in [-0.2, -0.15) is 0 Å². The number of rotatable bonds is 6. The van der Waals surface area contributed by atoms with Crippen molar-refractivity contribution < 1.29 is 4.79 Å². The van der Waals surface area contributed by atoms with Gasteiger partial charge in [0.2, 0.25) is 5.91 Å². The summed E-state index contributed by atoms with van der Waals surface area (Å²) >= 11 is 0. The summed E-state index contributed by atoms with van der Waals surface area (Å²) in [5, 5.41) is 12.1. The van der Waals surface area contributed by atoms with E-state index in [1.54, 1.807) is 0 Å². The number of benzene rings is 1. The molecule has 1 fully saturated rings. The van der Waals surface area contributed by atoms with Gasteiger partial charge < -0.3 is 9.88 Å². The van der Waals surface area contributed by atoms with Crippen LogP contribution >= 0.6 is 0 Å². The lowest BCUT2D eigenvalue weighted by atomic mass is 9.95. The quantitative estimate of drug-likeness (QED) is 0.836. The fraction of sp³-hybridized carbons (Fsp3) is 0.591. The first kappa shape index (κ1) is 19.1. The van der Waals surface area contributed by atoms with Crippen molar-refractivity contribution in [3.05, 3.63) is 47.5 Å². The third kappa shape index (κ3) is 4.43. The van der Waals surface area contributed by atoms with E-state index in [0.717, 1.165) is 50.4 Å². The van der Waals surface area contributed by atoms with Crippen molar-refractivity contribution in [3.63, 3.8) is 0 Å². The zero-order valence-electron chi connectivity index (χ0n) is 16.8. The second-order valence-corrected chi connectivity index (χ2v) is 8.16. The second kappa shape index (κ2) is 8.86. The SMILES string of the molecule is C[C@@H](C(=O)NC1CCCCC1)N1CCn2c(CCc3ccccc3)nnc2C1. The fourth-order valence-corrected chi connectivity index (χ4v) is 4.39. The van der Waals surface area contributed by atoms with Gasteiger partial charge in [-0.25, -0.2) is 0 Å². The second-order valence-electron chi connectivity index (χ2n) is 8.16. The smallest absolute Gasteiger partial charge is 0.237 e. The molecular weight excluding hydrogens is 350 g/mol. The van der Waals surface area contributed by atoms with E-state index in [-0.39, 0.29) is 11.9 Å². The summed E-state index contributed by atoms with van der Waals surface area (Å²) in [5.41, 5.74) is 1.32. The molecule has 2 aromatic rings. The van der Waals surface area contributed by atoms with Crippen LogP contribution in [0.4, 0.5) is 0 Å². The van der Waals surface area contributed by atoms with E-state index in [2.05, 4.69) is 49.2 Å². The molecule has 2 heterocycles. The highest BCUT2D eigenvalue weighted by molar-refractivity contribution is 5.81. The highest BCUT2D eigenvalue weighted by Gasteiger charge is 2.29. The summed E-state index contributed by atoms with van der Waals surface area (Å²) in [6.07, 6.45) is 7.89. The molecule has 1 atom stereocenters. The first-order valence-electron chi connectivity index (χ1n) is 10.7.